The molecule has 1 saturated heterocycles. The second-order valence-corrected chi connectivity index (χ2v) is 3.76. The van der Waals surface area contributed by atoms with Crippen LogP contribution in [0.2, 0.25) is 0 Å². The number of nitrogens with two attached hydrogens (primary N) is 1. The summed E-state index contributed by atoms with van der Waals surface area (Å²) in [6.07, 6.45) is 5.27. The molecule has 1 fully saturated rings. The van der Waals surface area contributed by atoms with Crippen LogP contribution >= 0.6 is 0 Å². The third kappa shape index (κ3) is 1.88. The quantitative estimate of drug-likeness (QED) is 0.717. The number of rotatable bonds is 1. The maximum absolute atomic E-state index is 11.8. The van der Waals surface area contributed by atoms with Crippen LogP contribution < -0.4 is 10.6 Å². The van der Waals surface area contributed by atoms with E-state index in [0.29, 0.717) is 24.2 Å². The molecule has 0 aliphatic carbocycles. The Balaban J connectivity index is 2.40. The van der Waals surface area contributed by atoms with Crippen LogP contribution in [-0.2, 0) is 9.59 Å². The van der Waals surface area contributed by atoms with Gasteiger partial charge in [-0.2, -0.15) is 0 Å². The normalized spacial score (nSPS) is 17.4. The van der Waals surface area contributed by atoms with E-state index in [2.05, 4.69) is 4.98 Å². The number of imide groups is 1. The van der Waals surface area contributed by atoms with E-state index in [0.717, 1.165) is 12.8 Å². The van der Waals surface area contributed by atoms with Gasteiger partial charge < -0.3 is 5.73 Å². The van der Waals surface area contributed by atoms with Crippen molar-refractivity contribution in [1.29, 1.82) is 0 Å². The summed E-state index contributed by atoms with van der Waals surface area (Å²) in [5.41, 5.74) is 6.52. The van der Waals surface area contributed by atoms with Crippen LogP contribution in [-0.4, -0.2) is 16.8 Å². The first kappa shape index (κ1) is 10.6. The van der Waals surface area contributed by atoms with E-state index in [9.17, 15) is 9.59 Å². The molecule has 0 spiro atoms. The van der Waals surface area contributed by atoms with Crippen molar-refractivity contribution in [1.82, 2.24) is 4.98 Å². The van der Waals surface area contributed by atoms with Crippen molar-refractivity contribution in [3.05, 3.63) is 18.5 Å². The molecule has 0 bridgehead atoms. The van der Waals surface area contributed by atoms with Gasteiger partial charge in [-0.05, 0) is 18.9 Å². The Labute approximate surface area is 93.3 Å². The second kappa shape index (κ2) is 4.30. The summed E-state index contributed by atoms with van der Waals surface area (Å²) in [6, 6.07) is 1.59. The highest BCUT2D eigenvalue weighted by molar-refractivity contribution is 6.16. The van der Waals surface area contributed by atoms with Crippen LogP contribution in [0.15, 0.2) is 18.5 Å². The van der Waals surface area contributed by atoms with Gasteiger partial charge in [-0.25, -0.2) is 4.90 Å². The molecule has 0 unspecified atom stereocenters. The smallest absolute Gasteiger partial charge is 0.233 e. The Kier molecular flexibility index (Phi) is 2.85. The zero-order valence-corrected chi connectivity index (χ0v) is 8.85. The molecule has 2 N–H and O–H groups in total. The van der Waals surface area contributed by atoms with Crippen molar-refractivity contribution in [2.45, 2.75) is 25.7 Å². The van der Waals surface area contributed by atoms with E-state index in [1.54, 1.807) is 6.07 Å². The third-order valence-electron chi connectivity index (χ3n) is 2.60. The standard InChI is InChI=1S/C11H13N3O2/c12-8-7-13-6-5-9(8)14-10(15)3-1-2-4-11(14)16/h5-7H,1-4,12H2. The number of hydrogen-bond donors (Lipinski definition) is 1. The van der Waals surface area contributed by atoms with E-state index in [1.807, 2.05) is 0 Å². The molecule has 2 rings (SSSR count). The summed E-state index contributed by atoms with van der Waals surface area (Å²) in [4.78, 5) is 28.6. The predicted molar refractivity (Wildman–Crippen MR) is 59.6 cm³/mol. The first-order valence-electron chi connectivity index (χ1n) is 5.25. The minimum atomic E-state index is -0.180. The van der Waals surface area contributed by atoms with Gasteiger partial charge >= 0.3 is 0 Å². The average Bonchev–Trinajstić information content (AvgIpc) is 2.42. The molecular weight excluding hydrogens is 206 g/mol. The van der Waals surface area contributed by atoms with Gasteiger partial charge in [0.15, 0.2) is 0 Å². The molecule has 5 heteroatoms. The van der Waals surface area contributed by atoms with Crippen LogP contribution in [0.5, 0.6) is 0 Å². The SMILES string of the molecule is Nc1cnccc1N1C(=O)CCCCC1=O. The molecule has 2 heterocycles. The fourth-order valence-electron chi connectivity index (χ4n) is 1.79. The molecule has 0 saturated carbocycles. The van der Waals surface area contributed by atoms with Crippen molar-refractivity contribution >= 4 is 23.2 Å². The molecule has 1 aliphatic heterocycles. The lowest BCUT2D eigenvalue weighted by molar-refractivity contribution is -0.125. The van der Waals surface area contributed by atoms with E-state index in [4.69, 9.17) is 5.73 Å². The minimum Gasteiger partial charge on any atom is -0.396 e. The van der Waals surface area contributed by atoms with Crippen molar-refractivity contribution < 1.29 is 9.59 Å². The van der Waals surface area contributed by atoms with Crippen molar-refractivity contribution in [3.8, 4) is 0 Å². The van der Waals surface area contributed by atoms with Gasteiger partial charge in [-0.3, -0.25) is 14.6 Å². The number of nitrogens with zero attached hydrogens (tertiary/aromatic N) is 2. The van der Waals surface area contributed by atoms with Crippen molar-refractivity contribution in [2.24, 2.45) is 0 Å². The van der Waals surface area contributed by atoms with E-state index < -0.39 is 0 Å². The second-order valence-electron chi connectivity index (χ2n) is 3.76. The maximum atomic E-state index is 11.8. The van der Waals surface area contributed by atoms with Crippen LogP contribution in [0.4, 0.5) is 11.4 Å². The first-order chi connectivity index (χ1) is 7.70. The van der Waals surface area contributed by atoms with E-state index in [-0.39, 0.29) is 11.8 Å². The van der Waals surface area contributed by atoms with Crippen molar-refractivity contribution in [2.75, 3.05) is 10.6 Å². The zero-order chi connectivity index (χ0) is 11.5. The first-order valence-corrected chi connectivity index (χ1v) is 5.25. The molecule has 2 amide bonds. The Morgan fingerprint density at radius 1 is 1.19 bits per heavy atom. The summed E-state index contributed by atoms with van der Waals surface area (Å²) in [5, 5.41) is 0. The molecule has 1 aromatic heterocycles. The molecule has 1 aromatic rings. The summed E-state index contributed by atoms with van der Waals surface area (Å²) < 4.78 is 0. The van der Waals surface area contributed by atoms with Crippen LogP contribution in [0.1, 0.15) is 25.7 Å². The highest BCUT2D eigenvalue weighted by Crippen LogP contribution is 2.25. The largest absolute Gasteiger partial charge is 0.396 e. The fourth-order valence-corrected chi connectivity index (χ4v) is 1.79. The number of aromatic nitrogens is 1. The summed E-state index contributed by atoms with van der Waals surface area (Å²) in [6.45, 7) is 0. The number of amides is 2. The lowest BCUT2D eigenvalue weighted by Gasteiger charge is -2.19. The van der Waals surface area contributed by atoms with Crippen LogP contribution in [0.3, 0.4) is 0 Å². The van der Waals surface area contributed by atoms with Crippen LogP contribution in [0, 0.1) is 0 Å². The molecule has 1 aliphatic rings. The van der Waals surface area contributed by atoms with Gasteiger partial charge in [0.25, 0.3) is 0 Å². The summed E-state index contributed by atoms with van der Waals surface area (Å²) in [7, 11) is 0. The highest BCUT2D eigenvalue weighted by atomic mass is 16.2. The Hall–Kier alpha value is -1.91. The fraction of sp³-hybridized carbons (Fsp3) is 0.364. The van der Waals surface area contributed by atoms with E-state index >= 15 is 0 Å². The molecule has 0 aromatic carbocycles. The number of pyridine rings is 1. The highest BCUT2D eigenvalue weighted by Gasteiger charge is 2.26. The molecular formula is C11H13N3O2. The molecule has 0 radical (unpaired) electrons. The summed E-state index contributed by atoms with van der Waals surface area (Å²) in [5.74, 6) is -0.360. The van der Waals surface area contributed by atoms with Gasteiger partial charge in [0.2, 0.25) is 11.8 Å². The molecule has 84 valence electrons. The average molecular weight is 219 g/mol. The lowest BCUT2D eigenvalue weighted by atomic mass is 10.2. The van der Waals surface area contributed by atoms with Gasteiger partial charge in [0.1, 0.15) is 0 Å². The number of hydrogen-bond acceptors (Lipinski definition) is 4. The van der Waals surface area contributed by atoms with Crippen LogP contribution in [0.25, 0.3) is 0 Å². The number of nitrogen functional groups attached to an aromatic ring is 1. The number of carbonyl (C=O) groups excluding carboxylic acids is 2. The molecule has 0 atom stereocenters. The van der Waals surface area contributed by atoms with Gasteiger partial charge in [0.05, 0.1) is 17.6 Å². The monoisotopic (exact) mass is 219 g/mol. The van der Waals surface area contributed by atoms with Gasteiger partial charge in [-0.1, -0.05) is 0 Å². The van der Waals surface area contributed by atoms with Crippen molar-refractivity contribution in [3.63, 3.8) is 0 Å². The minimum absolute atomic E-state index is 0.180. The van der Waals surface area contributed by atoms with Gasteiger partial charge in [0, 0.05) is 19.0 Å². The lowest BCUT2D eigenvalue weighted by Crippen LogP contribution is -2.35. The van der Waals surface area contributed by atoms with Gasteiger partial charge in [-0.15, -0.1) is 0 Å². The van der Waals surface area contributed by atoms with E-state index in [1.165, 1.54) is 17.3 Å². The Bertz CT molecular complexity index is 413. The topological polar surface area (TPSA) is 76.3 Å². The Morgan fingerprint density at radius 3 is 2.38 bits per heavy atom. The molecule has 5 nitrogen and oxygen atoms in total. The number of carbonyl (C=O) groups is 2. The number of anilines is 2. The Morgan fingerprint density at radius 2 is 1.81 bits per heavy atom. The summed E-state index contributed by atoms with van der Waals surface area (Å²) >= 11 is 0. The molecule has 16 heavy (non-hydrogen) atoms. The zero-order valence-electron chi connectivity index (χ0n) is 8.85. The predicted octanol–water partition coefficient (Wildman–Crippen LogP) is 1.10. The maximum Gasteiger partial charge on any atom is 0.233 e. The third-order valence-corrected chi connectivity index (χ3v) is 2.60.